The highest BCUT2D eigenvalue weighted by molar-refractivity contribution is 6.08. The van der Waals surface area contributed by atoms with Crippen molar-refractivity contribution in [1.29, 1.82) is 0 Å². The van der Waals surface area contributed by atoms with Crippen molar-refractivity contribution < 1.29 is 4.74 Å². The summed E-state index contributed by atoms with van der Waals surface area (Å²) in [4.78, 5) is 0. The van der Waals surface area contributed by atoms with E-state index in [2.05, 4.69) is 84.3 Å². The van der Waals surface area contributed by atoms with E-state index < -0.39 is 0 Å². The Labute approximate surface area is 148 Å². The summed E-state index contributed by atoms with van der Waals surface area (Å²) in [7, 11) is 0. The van der Waals surface area contributed by atoms with Gasteiger partial charge in [0, 0.05) is 28.9 Å². The molecule has 0 N–H and O–H groups in total. The average molecular weight is 329 g/mol. The smallest absolute Gasteiger partial charge is 0.121 e. The molecule has 0 saturated carbocycles. The van der Waals surface area contributed by atoms with Crippen LogP contribution in [0.1, 0.15) is 25.3 Å². The number of nitrogens with zero attached hydrogens (tertiary/aromatic N) is 1. The van der Waals surface area contributed by atoms with Crippen LogP contribution in [0, 0.1) is 0 Å². The van der Waals surface area contributed by atoms with Crippen LogP contribution in [-0.4, -0.2) is 11.2 Å². The van der Waals surface area contributed by atoms with Crippen molar-refractivity contribution in [2.75, 3.05) is 6.61 Å². The fourth-order valence-electron chi connectivity index (χ4n) is 3.39. The summed E-state index contributed by atoms with van der Waals surface area (Å²) in [6.45, 7) is 3.83. The Morgan fingerprint density at radius 1 is 0.800 bits per heavy atom. The van der Waals surface area contributed by atoms with Crippen LogP contribution in [0.15, 0.2) is 72.8 Å². The molecule has 0 amide bonds. The lowest BCUT2D eigenvalue weighted by molar-refractivity contribution is 0.309. The minimum absolute atomic E-state index is 0.779. The molecule has 126 valence electrons. The van der Waals surface area contributed by atoms with Crippen LogP contribution in [0.3, 0.4) is 0 Å². The van der Waals surface area contributed by atoms with Crippen molar-refractivity contribution in [2.45, 2.75) is 26.3 Å². The third-order valence-corrected chi connectivity index (χ3v) is 4.70. The third kappa shape index (κ3) is 3.12. The summed E-state index contributed by atoms with van der Waals surface area (Å²) in [5.74, 6) is 0.957. The van der Waals surface area contributed by atoms with E-state index in [0.29, 0.717) is 0 Å². The maximum Gasteiger partial charge on any atom is 0.121 e. The maximum absolute atomic E-state index is 5.94. The molecule has 0 radical (unpaired) electrons. The number of ether oxygens (including phenoxy) is 1. The normalized spacial score (nSPS) is 11.2. The minimum Gasteiger partial charge on any atom is -0.494 e. The molecule has 0 aliphatic carbocycles. The molecule has 1 heterocycles. The summed E-state index contributed by atoms with van der Waals surface area (Å²) < 4.78 is 8.34. The monoisotopic (exact) mass is 329 g/mol. The zero-order valence-electron chi connectivity index (χ0n) is 14.6. The molecule has 0 spiro atoms. The molecule has 0 saturated heterocycles. The van der Waals surface area contributed by atoms with E-state index >= 15 is 0 Å². The maximum atomic E-state index is 5.94. The van der Waals surface area contributed by atoms with Crippen LogP contribution >= 0.6 is 0 Å². The molecular formula is C23H23NO. The molecule has 0 fully saturated rings. The van der Waals surface area contributed by atoms with E-state index in [9.17, 15) is 0 Å². The van der Waals surface area contributed by atoms with Gasteiger partial charge in [-0.25, -0.2) is 0 Å². The van der Waals surface area contributed by atoms with E-state index in [0.717, 1.165) is 31.7 Å². The predicted octanol–water partition coefficient (Wildman–Crippen LogP) is 6.02. The minimum atomic E-state index is 0.779. The highest BCUT2D eigenvalue weighted by Gasteiger charge is 2.11. The summed E-state index contributed by atoms with van der Waals surface area (Å²) in [6.07, 6.45) is 2.24. The quantitative estimate of drug-likeness (QED) is 0.394. The van der Waals surface area contributed by atoms with Gasteiger partial charge in [0.05, 0.1) is 12.1 Å². The van der Waals surface area contributed by atoms with E-state index in [1.54, 1.807) is 0 Å². The van der Waals surface area contributed by atoms with E-state index in [1.807, 2.05) is 0 Å². The Balaban J connectivity index is 1.82. The van der Waals surface area contributed by atoms with Gasteiger partial charge in [-0.15, -0.1) is 0 Å². The van der Waals surface area contributed by atoms with Gasteiger partial charge in [0.25, 0.3) is 0 Å². The number of para-hydroxylation sites is 1. The molecule has 3 aromatic carbocycles. The molecule has 25 heavy (non-hydrogen) atoms. The van der Waals surface area contributed by atoms with Gasteiger partial charge in [-0.3, -0.25) is 0 Å². The van der Waals surface area contributed by atoms with Crippen LogP contribution in [-0.2, 0) is 6.54 Å². The lowest BCUT2D eigenvalue weighted by Crippen LogP contribution is -2.00. The lowest BCUT2D eigenvalue weighted by atomic mass is 10.1. The van der Waals surface area contributed by atoms with Gasteiger partial charge in [-0.2, -0.15) is 0 Å². The zero-order chi connectivity index (χ0) is 17.1. The summed E-state index contributed by atoms with van der Waals surface area (Å²) in [5.41, 5.74) is 3.81. The van der Waals surface area contributed by atoms with Gasteiger partial charge in [0.1, 0.15) is 5.75 Å². The van der Waals surface area contributed by atoms with Crippen molar-refractivity contribution in [1.82, 2.24) is 4.57 Å². The van der Waals surface area contributed by atoms with Gasteiger partial charge >= 0.3 is 0 Å². The first kappa shape index (κ1) is 15.8. The molecule has 0 unspecified atom stereocenters. The second-order valence-corrected chi connectivity index (χ2v) is 6.47. The number of unbranched alkanes of at least 4 members (excludes halogenated alkanes) is 1. The van der Waals surface area contributed by atoms with Gasteiger partial charge in [0.2, 0.25) is 0 Å². The number of aromatic nitrogens is 1. The largest absolute Gasteiger partial charge is 0.494 e. The van der Waals surface area contributed by atoms with Gasteiger partial charge < -0.3 is 9.30 Å². The zero-order valence-corrected chi connectivity index (χ0v) is 14.6. The first-order valence-corrected chi connectivity index (χ1v) is 9.04. The molecule has 0 bridgehead atoms. The van der Waals surface area contributed by atoms with Crippen LogP contribution in [0.25, 0.3) is 21.8 Å². The molecule has 0 aliphatic rings. The van der Waals surface area contributed by atoms with Crippen molar-refractivity contribution in [3.63, 3.8) is 0 Å². The van der Waals surface area contributed by atoms with Crippen molar-refractivity contribution in [3.8, 4) is 5.75 Å². The predicted molar refractivity (Wildman–Crippen MR) is 105 cm³/mol. The average Bonchev–Trinajstić information content (AvgIpc) is 2.96. The summed E-state index contributed by atoms with van der Waals surface area (Å²) in [6, 6.07) is 25.7. The molecule has 0 aliphatic heterocycles. The first-order valence-electron chi connectivity index (χ1n) is 9.04. The highest BCUT2D eigenvalue weighted by Crippen LogP contribution is 2.32. The van der Waals surface area contributed by atoms with Crippen LogP contribution in [0.5, 0.6) is 5.75 Å². The first-order chi connectivity index (χ1) is 12.4. The van der Waals surface area contributed by atoms with Crippen LogP contribution in [0.4, 0.5) is 0 Å². The van der Waals surface area contributed by atoms with E-state index in [-0.39, 0.29) is 0 Å². The van der Waals surface area contributed by atoms with E-state index in [4.69, 9.17) is 4.74 Å². The van der Waals surface area contributed by atoms with Gasteiger partial charge in [0.15, 0.2) is 0 Å². The molecule has 4 aromatic rings. The second-order valence-electron chi connectivity index (χ2n) is 6.47. The van der Waals surface area contributed by atoms with Gasteiger partial charge in [-0.1, -0.05) is 61.9 Å². The van der Waals surface area contributed by atoms with Crippen molar-refractivity contribution in [2.24, 2.45) is 0 Å². The van der Waals surface area contributed by atoms with Gasteiger partial charge in [-0.05, 0) is 30.2 Å². The van der Waals surface area contributed by atoms with Crippen LogP contribution < -0.4 is 4.74 Å². The lowest BCUT2D eigenvalue weighted by Gasteiger charge is -2.09. The molecule has 2 nitrogen and oxygen atoms in total. The van der Waals surface area contributed by atoms with Crippen molar-refractivity contribution >= 4 is 21.8 Å². The topological polar surface area (TPSA) is 14.2 Å². The number of fused-ring (bicyclic) bond motifs is 3. The molecule has 2 heteroatoms. The number of hydrogen-bond acceptors (Lipinski definition) is 1. The summed E-state index contributed by atoms with van der Waals surface area (Å²) >= 11 is 0. The number of benzene rings is 3. The van der Waals surface area contributed by atoms with E-state index in [1.165, 1.54) is 27.4 Å². The van der Waals surface area contributed by atoms with Crippen molar-refractivity contribution in [3.05, 3.63) is 78.4 Å². The second kappa shape index (κ2) is 7.02. The molecule has 4 rings (SSSR count). The molecule has 0 atom stereocenters. The fraction of sp³-hybridized carbons (Fsp3) is 0.217. The third-order valence-electron chi connectivity index (χ3n) is 4.70. The highest BCUT2D eigenvalue weighted by atomic mass is 16.5. The molecular weight excluding hydrogens is 306 g/mol. The fourth-order valence-corrected chi connectivity index (χ4v) is 3.39. The standard InChI is InChI=1S/C23H23NO/c1-2-3-15-25-19-13-14-21-20-11-7-8-12-22(20)24(23(21)16-19)17-18-9-5-4-6-10-18/h4-14,16H,2-3,15,17H2,1H3. The number of rotatable bonds is 6. The molecule has 1 aromatic heterocycles. The Hall–Kier alpha value is -2.74. The Kier molecular flexibility index (Phi) is 4.43. The number of hydrogen-bond donors (Lipinski definition) is 0. The summed E-state index contributed by atoms with van der Waals surface area (Å²) in [5, 5.41) is 2.59. The Morgan fingerprint density at radius 3 is 2.40 bits per heavy atom. The Morgan fingerprint density at radius 2 is 1.56 bits per heavy atom. The van der Waals surface area contributed by atoms with Crippen LogP contribution in [0.2, 0.25) is 0 Å². The Bertz CT molecular complexity index is 985. The SMILES string of the molecule is CCCCOc1ccc2c3ccccc3n(Cc3ccccc3)c2c1.